The minimum atomic E-state index is 0.198. The molecule has 0 saturated carbocycles. The summed E-state index contributed by atoms with van der Waals surface area (Å²) in [6.45, 7) is 4.17. The van der Waals surface area contributed by atoms with Gasteiger partial charge >= 0.3 is 0 Å². The molecule has 0 saturated heterocycles. The minimum Gasteiger partial charge on any atom is -0.490 e. The molecular formula is C15H20O2. The van der Waals surface area contributed by atoms with Gasteiger partial charge in [-0.1, -0.05) is 32.0 Å². The Hall–Kier alpha value is -1.31. The molecule has 1 aromatic rings. The molecule has 1 unspecified atom stereocenters. The highest BCUT2D eigenvalue weighted by molar-refractivity contribution is 5.78. The zero-order chi connectivity index (χ0) is 12.3. The van der Waals surface area contributed by atoms with Crippen LogP contribution >= 0.6 is 0 Å². The number of benzene rings is 1. The third kappa shape index (κ3) is 3.32. The van der Waals surface area contributed by atoms with Crippen LogP contribution in [0.25, 0.3) is 0 Å². The second kappa shape index (κ2) is 5.35. The maximum atomic E-state index is 11.6. The zero-order valence-corrected chi connectivity index (χ0v) is 10.6. The normalized spacial score (nSPS) is 17.9. The van der Waals surface area contributed by atoms with Crippen molar-refractivity contribution >= 4 is 5.78 Å². The molecule has 2 heteroatoms. The van der Waals surface area contributed by atoms with E-state index in [0.29, 0.717) is 24.5 Å². The van der Waals surface area contributed by atoms with Crippen molar-refractivity contribution in [3.05, 3.63) is 29.8 Å². The van der Waals surface area contributed by atoms with Crippen molar-refractivity contribution in [3.63, 3.8) is 0 Å². The molecule has 2 rings (SSSR count). The Balaban J connectivity index is 1.78. The van der Waals surface area contributed by atoms with E-state index in [1.54, 1.807) is 0 Å². The molecule has 0 N–H and O–H groups in total. The maximum absolute atomic E-state index is 11.6. The first-order valence-electron chi connectivity index (χ1n) is 6.41. The Labute approximate surface area is 103 Å². The molecule has 1 heterocycles. The summed E-state index contributed by atoms with van der Waals surface area (Å²) in [6, 6.07) is 8.14. The van der Waals surface area contributed by atoms with Gasteiger partial charge in [-0.05, 0) is 24.0 Å². The van der Waals surface area contributed by atoms with E-state index in [1.807, 2.05) is 18.2 Å². The van der Waals surface area contributed by atoms with E-state index in [9.17, 15) is 4.79 Å². The first-order valence-corrected chi connectivity index (χ1v) is 6.41. The largest absolute Gasteiger partial charge is 0.490 e. The molecule has 1 aliphatic heterocycles. The van der Waals surface area contributed by atoms with Crippen LogP contribution in [0.4, 0.5) is 0 Å². The monoisotopic (exact) mass is 232 g/mol. The Morgan fingerprint density at radius 3 is 2.88 bits per heavy atom. The summed E-state index contributed by atoms with van der Waals surface area (Å²) in [5.41, 5.74) is 1.27. The molecule has 1 aromatic carbocycles. The third-order valence-electron chi connectivity index (χ3n) is 3.09. The minimum absolute atomic E-state index is 0.198. The van der Waals surface area contributed by atoms with Gasteiger partial charge in [0.2, 0.25) is 0 Å². The van der Waals surface area contributed by atoms with E-state index in [1.165, 1.54) is 5.56 Å². The summed E-state index contributed by atoms with van der Waals surface area (Å²) < 4.78 is 5.81. The summed E-state index contributed by atoms with van der Waals surface area (Å²) in [7, 11) is 0. The summed E-state index contributed by atoms with van der Waals surface area (Å²) >= 11 is 0. The van der Waals surface area contributed by atoms with Crippen LogP contribution < -0.4 is 4.74 Å². The molecule has 1 atom stereocenters. The van der Waals surface area contributed by atoms with Gasteiger partial charge in [-0.15, -0.1) is 0 Å². The standard InChI is InChI=1S/C15H20O2/c1-11(2)9-13(16)7-8-14-10-12-5-3-4-6-15(12)17-14/h3-6,11,14H,7-10H2,1-2H3. The van der Waals surface area contributed by atoms with Gasteiger partial charge in [-0.2, -0.15) is 0 Å². The molecule has 0 bridgehead atoms. The number of Topliss-reactive ketones (excluding diaryl/α,β-unsaturated/α-hetero) is 1. The van der Waals surface area contributed by atoms with E-state index in [0.717, 1.165) is 18.6 Å². The Morgan fingerprint density at radius 1 is 1.41 bits per heavy atom. The number of carbonyl (C=O) groups is 1. The van der Waals surface area contributed by atoms with Crippen molar-refractivity contribution in [3.8, 4) is 5.75 Å². The first kappa shape index (κ1) is 12.2. The lowest BCUT2D eigenvalue weighted by molar-refractivity contribution is -0.120. The molecular weight excluding hydrogens is 212 g/mol. The Morgan fingerprint density at radius 2 is 2.18 bits per heavy atom. The van der Waals surface area contributed by atoms with Crippen LogP contribution in [0.15, 0.2) is 24.3 Å². The summed E-state index contributed by atoms with van der Waals surface area (Å²) in [5, 5.41) is 0. The summed E-state index contributed by atoms with van der Waals surface area (Å²) in [4.78, 5) is 11.6. The highest BCUT2D eigenvalue weighted by atomic mass is 16.5. The average molecular weight is 232 g/mol. The second-order valence-corrected chi connectivity index (χ2v) is 5.23. The van der Waals surface area contributed by atoms with Crippen molar-refractivity contribution in [2.45, 2.75) is 45.6 Å². The third-order valence-corrected chi connectivity index (χ3v) is 3.09. The van der Waals surface area contributed by atoms with Crippen LogP contribution in [0.5, 0.6) is 5.75 Å². The molecule has 0 aromatic heterocycles. The predicted molar refractivity (Wildman–Crippen MR) is 68.3 cm³/mol. The molecule has 1 aliphatic rings. The van der Waals surface area contributed by atoms with Crippen molar-refractivity contribution in [2.24, 2.45) is 5.92 Å². The number of rotatable bonds is 5. The van der Waals surface area contributed by atoms with Gasteiger partial charge in [-0.25, -0.2) is 0 Å². The van der Waals surface area contributed by atoms with Gasteiger partial charge in [0.15, 0.2) is 0 Å². The van der Waals surface area contributed by atoms with E-state index >= 15 is 0 Å². The molecule has 0 amide bonds. The van der Waals surface area contributed by atoms with Crippen LogP contribution in [-0.4, -0.2) is 11.9 Å². The topological polar surface area (TPSA) is 26.3 Å². The highest BCUT2D eigenvalue weighted by Crippen LogP contribution is 2.30. The van der Waals surface area contributed by atoms with Crippen molar-refractivity contribution in [2.75, 3.05) is 0 Å². The number of ether oxygens (including phenoxy) is 1. The fraction of sp³-hybridized carbons (Fsp3) is 0.533. The average Bonchev–Trinajstić information content (AvgIpc) is 2.68. The van der Waals surface area contributed by atoms with E-state index in [-0.39, 0.29) is 6.10 Å². The summed E-state index contributed by atoms with van der Waals surface area (Å²) in [6.07, 6.45) is 3.34. The van der Waals surface area contributed by atoms with Crippen LogP contribution in [0.2, 0.25) is 0 Å². The van der Waals surface area contributed by atoms with E-state index in [2.05, 4.69) is 19.9 Å². The lowest BCUT2D eigenvalue weighted by atomic mass is 10.0. The molecule has 0 aliphatic carbocycles. The number of hydrogen-bond acceptors (Lipinski definition) is 2. The predicted octanol–water partition coefficient (Wildman–Crippen LogP) is 3.39. The summed E-state index contributed by atoms with van der Waals surface area (Å²) in [5.74, 6) is 1.82. The van der Waals surface area contributed by atoms with Gasteiger partial charge in [0.1, 0.15) is 17.6 Å². The van der Waals surface area contributed by atoms with Crippen molar-refractivity contribution in [1.82, 2.24) is 0 Å². The van der Waals surface area contributed by atoms with Gasteiger partial charge in [-0.3, -0.25) is 4.79 Å². The lowest BCUT2D eigenvalue weighted by Crippen LogP contribution is -2.15. The maximum Gasteiger partial charge on any atom is 0.133 e. The van der Waals surface area contributed by atoms with Gasteiger partial charge in [0, 0.05) is 19.3 Å². The quantitative estimate of drug-likeness (QED) is 0.778. The molecule has 0 radical (unpaired) electrons. The Kier molecular flexibility index (Phi) is 3.82. The number of carbonyl (C=O) groups excluding carboxylic acids is 1. The second-order valence-electron chi connectivity index (χ2n) is 5.23. The molecule has 2 nitrogen and oxygen atoms in total. The number of fused-ring (bicyclic) bond motifs is 1. The fourth-order valence-corrected chi connectivity index (χ4v) is 2.29. The Bertz CT molecular complexity index is 371. The van der Waals surface area contributed by atoms with Gasteiger partial charge in [0.05, 0.1) is 0 Å². The van der Waals surface area contributed by atoms with Crippen LogP contribution in [0.1, 0.15) is 38.7 Å². The van der Waals surface area contributed by atoms with E-state index in [4.69, 9.17) is 4.74 Å². The molecule has 0 spiro atoms. The van der Waals surface area contributed by atoms with Crippen LogP contribution in [0, 0.1) is 5.92 Å². The smallest absolute Gasteiger partial charge is 0.133 e. The zero-order valence-electron chi connectivity index (χ0n) is 10.6. The fourth-order valence-electron chi connectivity index (χ4n) is 2.29. The van der Waals surface area contributed by atoms with Gasteiger partial charge < -0.3 is 4.74 Å². The van der Waals surface area contributed by atoms with E-state index < -0.39 is 0 Å². The SMILES string of the molecule is CC(C)CC(=O)CCC1Cc2ccccc2O1. The lowest BCUT2D eigenvalue weighted by Gasteiger charge is -2.10. The van der Waals surface area contributed by atoms with Crippen LogP contribution in [-0.2, 0) is 11.2 Å². The van der Waals surface area contributed by atoms with Crippen molar-refractivity contribution < 1.29 is 9.53 Å². The van der Waals surface area contributed by atoms with Crippen LogP contribution in [0.3, 0.4) is 0 Å². The molecule has 92 valence electrons. The van der Waals surface area contributed by atoms with Crippen molar-refractivity contribution in [1.29, 1.82) is 0 Å². The highest BCUT2D eigenvalue weighted by Gasteiger charge is 2.22. The molecule has 0 fully saturated rings. The first-order chi connectivity index (χ1) is 8.15. The molecule has 17 heavy (non-hydrogen) atoms. The number of ketones is 1. The number of hydrogen-bond donors (Lipinski definition) is 0. The number of para-hydroxylation sites is 1. The van der Waals surface area contributed by atoms with Gasteiger partial charge in [0.25, 0.3) is 0 Å².